The second-order valence-corrected chi connectivity index (χ2v) is 4.34. The number of H-pyrrole nitrogens is 1. The Balaban J connectivity index is 2.34. The van der Waals surface area contributed by atoms with Crippen LogP contribution in [0.5, 0.6) is 0 Å². The number of carbonyl (C=O) groups excluding carboxylic acids is 1. The molecule has 106 valence electrons. The summed E-state index contributed by atoms with van der Waals surface area (Å²) in [6.45, 7) is 1.72. The number of esters is 1. The van der Waals surface area contributed by atoms with Gasteiger partial charge in [0.2, 0.25) is 0 Å². The van der Waals surface area contributed by atoms with Crippen molar-refractivity contribution < 1.29 is 14.5 Å². The van der Waals surface area contributed by atoms with E-state index < -0.39 is 16.9 Å². The first-order valence-corrected chi connectivity index (χ1v) is 6.19. The third-order valence-electron chi connectivity index (χ3n) is 3.05. The van der Waals surface area contributed by atoms with Gasteiger partial charge in [-0.3, -0.25) is 10.1 Å². The van der Waals surface area contributed by atoms with Gasteiger partial charge in [0.15, 0.2) is 0 Å². The number of nitrogens with zero attached hydrogens (tertiary/aromatic N) is 1. The molecule has 2 aromatic rings. The number of ether oxygens (including phenoxy) is 1. The summed E-state index contributed by atoms with van der Waals surface area (Å²) in [7, 11) is 0. The van der Waals surface area contributed by atoms with Gasteiger partial charge in [0, 0.05) is 27.7 Å². The van der Waals surface area contributed by atoms with Gasteiger partial charge >= 0.3 is 12.0 Å². The van der Waals surface area contributed by atoms with Crippen molar-refractivity contribution >= 4 is 22.6 Å². The maximum Gasteiger partial charge on any atom is 0.382 e. The molecule has 0 aliphatic heterocycles. The van der Waals surface area contributed by atoms with Gasteiger partial charge in [-0.25, -0.2) is 4.79 Å². The zero-order valence-corrected chi connectivity index (χ0v) is 11.0. The zero-order chi connectivity index (χ0) is 14.7. The van der Waals surface area contributed by atoms with Crippen molar-refractivity contribution in [2.24, 2.45) is 0 Å². The molecule has 0 aliphatic carbocycles. The lowest BCUT2D eigenvalue weighted by atomic mass is 10.0. The second kappa shape index (κ2) is 5.60. The van der Waals surface area contributed by atoms with Gasteiger partial charge in [-0.2, -0.15) is 0 Å². The summed E-state index contributed by atoms with van der Waals surface area (Å²) in [5.74, 6) is -0.832. The van der Waals surface area contributed by atoms with Crippen LogP contribution in [0.2, 0.25) is 0 Å². The summed E-state index contributed by atoms with van der Waals surface area (Å²) < 4.78 is 4.73. The van der Waals surface area contributed by atoms with Crippen molar-refractivity contribution in [2.45, 2.75) is 19.4 Å². The topological polar surface area (TPSA) is 111 Å². The molecule has 7 nitrogen and oxygen atoms in total. The molecule has 0 amide bonds. The van der Waals surface area contributed by atoms with Crippen LogP contribution >= 0.6 is 0 Å². The summed E-state index contributed by atoms with van der Waals surface area (Å²) in [4.78, 5) is 25.0. The average Bonchev–Trinajstić information content (AvgIpc) is 2.80. The fourth-order valence-electron chi connectivity index (χ4n) is 2.14. The Labute approximate surface area is 114 Å². The SMILES string of the molecule is CCOC(=O)C(Cc1c[nH]c2cccc(N)c12)[N+](=O)[O-]. The van der Waals surface area contributed by atoms with Gasteiger partial charge in [-0.05, 0) is 24.6 Å². The highest BCUT2D eigenvalue weighted by atomic mass is 16.6. The van der Waals surface area contributed by atoms with Crippen LogP contribution in [-0.2, 0) is 16.0 Å². The van der Waals surface area contributed by atoms with E-state index in [2.05, 4.69) is 4.98 Å². The van der Waals surface area contributed by atoms with Crippen molar-refractivity contribution in [3.05, 3.63) is 40.1 Å². The number of anilines is 1. The number of hydrogen-bond donors (Lipinski definition) is 2. The molecule has 0 saturated carbocycles. The summed E-state index contributed by atoms with van der Waals surface area (Å²) in [6, 6.07) is 3.90. The van der Waals surface area contributed by atoms with E-state index in [1.807, 2.05) is 6.07 Å². The fourth-order valence-corrected chi connectivity index (χ4v) is 2.14. The number of fused-ring (bicyclic) bond motifs is 1. The third-order valence-corrected chi connectivity index (χ3v) is 3.05. The number of nitro groups is 1. The van der Waals surface area contributed by atoms with Crippen LogP contribution < -0.4 is 5.73 Å². The Hall–Kier alpha value is -2.57. The highest BCUT2D eigenvalue weighted by Crippen LogP contribution is 2.25. The molecule has 0 spiro atoms. The lowest BCUT2D eigenvalue weighted by Gasteiger charge is -2.08. The van der Waals surface area contributed by atoms with E-state index in [9.17, 15) is 14.9 Å². The van der Waals surface area contributed by atoms with Gasteiger partial charge < -0.3 is 15.5 Å². The van der Waals surface area contributed by atoms with Crippen LogP contribution in [-0.4, -0.2) is 28.5 Å². The molecule has 0 radical (unpaired) electrons. The van der Waals surface area contributed by atoms with Crippen LogP contribution in [0.3, 0.4) is 0 Å². The minimum Gasteiger partial charge on any atom is -0.461 e. The van der Waals surface area contributed by atoms with Crippen molar-refractivity contribution in [3.63, 3.8) is 0 Å². The molecule has 20 heavy (non-hydrogen) atoms. The van der Waals surface area contributed by atoms with E-state index in [0.717, 1.165) is 5.52 Å². The summed E-state index contributed by atoms with van der Waals surface area (Å²) >= 11 is 0. The molecule has 2 rings (SSSR count). The highest BCUT2D eigenvalue weighted by Gasteiger charge is 2.32. The Morgan fingerprint density at radius 2 is 2.30 bits per heavy atom. The van der Waals surface area contributed by atoms with Crippen molar-refractivity contribution in [3.8, 4) is 0 Å². The smallest absolute Gasteiger partial charge is 0.382 e. The Morgan fingerprint density at radius 3 is 2.95 bits per heavy atom. The molecule has 0 saturated heterocycles. The second-order valence-electron chi connectivity index (χ2n) is 4.34. The number of aromatic amines is 1. The average molecular weight is 277 g/mol. The number of benzene rings is 1. The van der Waals surface area contributed by atoms with Gasteiger partial charge in [0.1, 0.15) is 0 Å². The molecule has 0 aliphatic rings. The molecule has 1 unspecified atom stereocenters. The summed E-state index contributed by atoms with van der Waals surface area (Å²) in [6.07, 6.45) is 1.58. The van der Waals surface area contributed by atoms with E-state index >= 15 is 0 Å². The maximum atomic E-state index is 11.6. The van der Waals surface area contributed by atoms with Crippen LogP contribution in [0.25, 0.3) is 10.9 Å². The van der Waals surface area contributed by atoms with Gasteiger partial charge in [0.25, 0.3) is 0 Å². The molecule has 1 aromatic carbocycles. The largest absolute Gasteiger partial charge is 0.461 e. The van der Waals surface area contributed by atoms with Crippen LogP contribution in [0.1, 0.15) is 12.5 Å². The number of carbonyl (C=O) groups is 1. The first-order valence-electron chi connectivity index (χ1n) is 6.19. The van der Waals surface area contributed by atoms with Crippen LogP contribution in [0, 0.1) is 10.1 Å². The van der Waals surface area contributed by atoms with E-state index in [4.69, 9.17) is 10.5 Å². The normalized spacial score (nSPS) is 12.2. The number of aromatic nitrogens is 1. The standard InChI is InChI=1S/C13H15N3O4/c1-2-20-13(17)11(16(18)19)6-8-7-15-10-5-3-4-9(14)12(8)10/h3-5,7,11,15H,2,6,14H2,1H3. The zero-order valence-electron chi connectivity index (χ0n) is 11.0. The molecule has 1 atom stereocenters. The van der Waals surface area contributed by atoms with Gasteiger partial charge in [-0.1, -0.05) is 6.07 Å². The summed E-state index contributed by atoms with van der Waals surface area (Å²) in [5.41, 5.74) is 7.82. The van der Waals surface area contributed by atoms with Crippen molar-refractivity contribution in [1.29, 1.82) is 0 Å². The lowest BCUT2D eigenvalue weighted by molar-refractivity contribution is -0.510. The van der Waals surface area contributed by atoms with Crippen molar-refractivity contribution in [1.82, 2.24) is 4.98 Å². The molecule has 3 N–H and O–H groups in total. The third kappa shape index (κ3) is 2.56. The quantitative estimate of drug-likeness (QED) is 0.372. The first-order chi connectivity index (χ1) is 9.54. The molecule has 1 heterocycles. The van der Waals surface area contributed by atoms with E-state index in [1.54, 1.807) is 25.3 Å². The molecular weight excluding hydrogens is 262 g/mol. The number of nitrogens with two attached hydrogens (primary N) is 1. The van der Waals surface area contributed by atoms with Crippen LogP contribution in [0.15, 0.2) is 24.4 Å². The molecular formula is C13H15N3O4. The minimum atomic E-state index is -1.42. The lowest BCUT2D eigenvalue weighted by Crippen LogP contribution is -2.33. The monoisotopic (exact) mass is 277 g/mol. The predicted molar refractivity (Wildman–Crippen MR) is 73.8 cm³/mol. The van der Waals surface area contributed by atoms with E-state index in [-0.39, 0.29) is 13.0 Å². The number of nitrogens with one attached hydrogen (secondary N) is 1. The van der Waals surface area contributed by atoms with Gasteiger partial charge in [-0.15, -0.1) is 0 Å². The van der Waals surface area contributed by atoms with Gasteiger partial charge in [0.05, 0.1) is 13.0 Å². The number of rotatable bonds is 5. The molecule has 0 fully saturated rings. The molecule has 7 heteroatoms. The van der Waals surface area contributed by atoms with E-state index in [1.165, 1.54) is 0 Å². The maximum absolute atomic E-state index is 11.6. The summed E-state index contributed by atoms with van der Waals surface area (Å²) in [5, 5.41) is 11.7. The molecule has 1 aromatic heterocycles. The first kappa shape index (κ1) is 13.9. The van der Waals surface area contributed by atoms with Crippen molar-refractivity contribution in [2.75, 3.05) is 12.3 Å². The fraction of sp³-hybridized carbons (Fsp3) is 0.308. The Kier molecular flexibility index (Phi) is 3.88. The predicted octanol–water partition coefficient (Wildman–Crippen LogP) is 1.50. The Morgan fingerprint density at radius 1 is 1.55 bits per heavy atom. The molecule has 0 bridgehead atoms. The minimum absolute atomic E-state index is 0.0555. The van der Waals surface area contributed by atoms with Crippen LogP contribution in [0.4, 0.5) is 5.69 Å². The number of nitrogen functional groups attached to an aromatic ring is 1. The highest BCUT2D eigenvalue weighted by molar-refractivity contribution is 5.94. The number of hydrogen-bond acceptors (Lipinski definition) is 5. The Bertz CT molecular complexity index is 650. The van der Waals surface area contributed by atoms with E-state index in [0.29, 0.717) is 16.6 Å².